The molecule has 1 aromatic carbocycles. The molecule has 6 heteroatoms. The normalized spacial score (nSPS) is 17.4. The fourth-order valence-electron chi connectivity index (χ4n) is 3.00. The summed E-state index contributed by atoms with van der Waals surface area (Å²) in [6, 6.07) is 5.47. The highest BCUT2D eigenvalue weighted by Gasteiger charge is 2.33. The lowest BCUT2D eigenvalue weighted by atomic mass is 9.96. The van der Waals surface area contributed by atoms with Crippen molar-refractivity contribution in [2.24, 2.45) is 0 Å². The Hall–Kier alpha value is -1.66. The Morgan fingerprint density at radius 1 is 1.33 bits per heavy atom. The molecule has 0 saturated carbocycles. The van der Waals surface area contributed by atoms with Gasteiger partial charge in [0.1, 0.15) is 5.82 Å². The molecule has 0 spiro atoms. The number of nitrogens with one attached hydrogen (secondary N) is 1. The zero-order chi connectivity index (χ0) is 17.4. The molecule has 0 aromatic heterocycles. The fraction of sp³-hybridized carbons (Fsp3) is 0.611. The smallest absolute Gasteiger partial charge is 0.319 e. The van der Waals surface area contributed by atoms with Gasteiger partial charge in [-0.15, -0.1) is 0 Å². The maximum absolute atomic E-state index is 13.6. The lowest BCUT2D eigenvalue weighted by molar-refractivity contribution is -0.00536. The minimum absolute atomic E-state index is 0.298. The number of hydrogen-bond acceptors (Lipinski definition) is 3. The summed E-state index contributed by atoms with van der Waals surface area (Å²) in [5.74, 6) is -0.435. The summed E-state index contributed by atoms with van der Waals surface area (Å²) in [6.45, 7) is 1.96. The molecule has 1 atom stereocenters. The topological polar surface area (TPSA) is 61.8 Å². The van der Waals surface area contributed by atoms with Crippen LogP contribution in [0.5, 0.6) is 0 Å². The van der Waals surface area contributed by atoms with Crippen LogP contribution in [0.15, 0.2) is 24.3 Å². The first-order valence-corrected chi connectivity index (χ1v) is 8.59. The van der Waals surface area contributed by atoms with E-state index in [1.54, 1.807) is 18.1 Å². The molecule has 1 heterocycles. The average Bonchev–Trinajstić information content (AvgIpc) is 2.59. The van der Waals surface area contributed by atoms with Crippen LogP contribution < -0.4 is 5.32 Å². The van der Waals surface area contributed by atoms with Crippen LogP contribution in [0.25, 0.3) is 0 Å². The molecular formula is C18H27FN2O3. The first kappa shape index (κ1) is 18.7. The number of halogens is 1. The molecule has 1 aliphatic rings. The standard InChI is InChI=1S/C18H27FN2O3/c1-24-13-6-3-10-18(23,15-8-7-9-16(19)14-15)20-17(22)21-11-4-2-5-12-21/h7-9,14,23H,2-6,10-13H2,1H3,(H,20,22)/t18-/m0/s1. The molecule has 1 fully saturated rings. The van der Waals surface area contributed by atoms with Crippen LogP contribution in [0.4, 0.5) is 9.18 Å². The SMILES string of the molecule is COCCCC[C@@](O)(NC(=O)N1CCCCC1)c1cccc(F)c1. The van der Waals surface area contributed by atoms with E-state index in [9.17, 15) is 14.3 Å². The lowest BCUT2D eigenvalue weighted by Crippen LogP contribution is -2.52. The van der Waals surface area contributed by atoms with E-state index in [1.165, 1.54) is 18.2 Å². The van der Waals surface area contributed by atoms with Gasteiger partial charge in [0.25, 0.3) is 0 Å². The summed E-state index contributed by atoms with van der Waals surface area (Å²) < 4.78 is 18.6. The van der Waals surface area contributed by atoms with Crippen LogP contribution >= 0.6 is 0 Å². The predicted octanol–water partition coefficient (Wildman–Crippen LogP) is 2.98. The second kappa shape index (κ2) is 8.99. The predicted molar refractivity (Wildman–Crippen MR) is 90.0 cm³/mol. The number of aliphatic hydroxyl groups is 1. The van der Waals surface area contributed by atoms with Gasteiger partial charge in [-0.1, -0.05) is 12.1 Å². The number of ether oxygens (including phenoxy) is 1. The van der Waals surface area contributed by atoms with E-state index in [4.69, 9.17) is 4.74 Å². The Morgan fingerprint density at radius 3 is 2.75 bits per heavy atom. The van der Waals surface area contributed by atoms with Crippen molar-refractivity contribution in [1.29, 1.82) is 0 Å². The van der Waals surface area contributed by atoms with Crippen molar-refractivity contribution in [3.8, 4) is 0 Å². The van der Waals surface area contributed by atoms with Crippen molar-refractivity contribution in [3.05, 3.63) is 35.6 Å². The van der Waals surface area contributed by atoms with Crippen molar-refractivity contribution in [2.75, 3.05) is 26.8 Å². The second-order valence-corrected chi connectivity index (χ2v) is 6.30. The van der Waals surface area contributed by atoms with Crippen molar-refractivity contribution < 1.29 is 19.0 Å². The summed E-state index contributed by atoms with van der Waals surface area (Å²) >= 11 is 0. The molecule has 24 heavy (non-hydrogen) atoms. The molecule has 0 unspecified atom stereocenters. The second-order valence-electron chi connectivity index (χ2n) is 6.30. The van der Waals surface area contributed by atoms with E-state index in [0.29, 0.717) is 38.1 Å². The van der Waals surface area contributed by atoms with Gasteiger partial charge in [0.2, 0.25) is 0 Å². The van der Waals surface area contributed by atoms with E-state index in [0.717, 1.165) is 25.7 Å². The van der Waals surface area contributed by atoms with Crippen LogP contribution in [-0.4, -0.2) is 42.8 Å². The van der Waals surface area contributed by atoms with E-state index < -0.39 is 11.5 Å². The van der Waals surface area contributed by atoms with Gasteiger partial charge in [-0.3, -0.25) is 0 Å². The molecule has 2 amide bonds. The molecule has 0 bridgehead atoms. The molecular weight excluding hydrogens is 311 g/mol. The molecule has 5 nitrogen and oxygen atoms in total. The van der Waals surface area contributed by atoms with E-state index >= 15 is 0 Å². The van der Waals surface area contributed by atoms with Crippen molar-refractivity contribution in [2.45, 2.75) is 44.2 Å². The summed E-state index contributed by atoms with van der Waals surface area (Å²) in [5.41, 5.74) is -1.21. The Kier molecular flexibility index (Phi) is 6.99. The Morgan fingerprint density at radius 2 is 2.08 bits per heavy atom. The van der Waals surface area contributed by atoms with Gasteiger partial charge in [-0.05, 0) is 50.7 Å². The summed E-state index contributed by atoms with van der Waals surface area (Å²) in [6.07, 6.45) is 4.78. The quantitative estimate of drug-likeness (QED) is 0.593. The third kappa shape index (κ3) is 5.18. The Labute approximate surface area is 142 Å². The minimum atomic E-state index is -1.58. The number of unbranched alkanes of at least 4 members (excludes halogenated alkanes) is 1. The van der Waals surface area contributed by atoms with Gasteiger partial charge in [0.05, 0.1) is 0 Å². The van der Waals surface area contributed by atoms with E-state index in [-0.39, 0.29) is 6.03 Å². The van der Waals surface area contributed by atoms with Gasteiger partial charge in [0.15, 0.2) is 5.72 Å². The van der Waals surface area contributed by atoms with Gasteiger partial charge in [0, 0.05) is 32.4 Å². The van der Waals surface area contributed by atoms with Crippen LogP contribution in [-0.2, 0) is 10.5 Å². The highest BCUT2D eigenvalue weighted by atomic mass is 19.1. The molecule has 1 aliphatic heterocycles. The maximum Gasteiger partial charge on any atom is 0.319 e. The average molecular weight is 338 g/mol. The molecule has 0 radical (unpaired) electrons. The number of methoxy groups -OCH3 is 1. The number of urea groups is 1. The first-order valence-electron chi connectivity index (χ1n) is 8.59. The summed E-state index contributed by atoms with van der Waals surface area (Å²) in [4.78, 5) is 14.2. The fourth-order valence-corrected chi connectivity index (χ4v) is 3.00. The monoisotopic (exact) mass is 338 g/mol. The van der Waals surface area contributed by atoms with Crippen LogP contribution in [0.1, 0.15) is 44.1 Å². The third-order valence-corrected chi connectivity index (χ3v) is 4.40. The Balaban J connectivity index is 2.10. The van der Waals surface area contributed by atoms with Crippen molar-refractivity contribution in [1.82, 2.24) is 10.2 Å². The van der Waals surface area contributed by atoms with Crippen LogP contribution in [0.3, 0.4) is 0 Å². The lowest BCUT2D eigenvalue weighted by Gasteiger charge is -2.34. The minimum Gasteiger partial charge on any atom is -0.385 e. The first-order chi connectivity index (χ1) is 11.5. The summed E-state index contributed by atoms with van der Waals surface area (Å²) in [5, 5.41) is 13.8. The number of piperidine rings is 1. The molecule has 134 valence electrons. The molecule has 2 rings (SSSR count). The molecule has 1 saturated heterocycles. The number of carbonyl (C=O) groups is 1. The maximum atomic E-state index is 13.6. The van der Waals surface area contributed by atoms with Crippen molar-refractivity contribution >= 4 is 6.03 Å². The molecule has 0 aliphatic carbocycles. The van der Waals surface area contributed by atoms with Gasteiger partial charge in [-0.25, -0.2) is 9.18 Å². The zero-order valence-corrected chi connectivity index (χ0v) is 14.3. The number of rotatable bonds is 7. The number of carbonyl (C=O) groups excluding carboxylic acids is 1. The molecule has 2 N–H and O–H groups in total. The van der Waals surface area contributed by atoms with Crippen molar-refractivity contribution in [3.63, 3.8) is 0 Å². The highest BCUT2D eigenvalue weighted by Crippen LogP contribution is 2.26. The zero-order valence-electron chi connectivity index (χ0n) is 14.3. The number of likely N-dealkylation sites (tertiary alicyclic amines) is 1. The van der Waals surface area contributed by atoms with Gasteiger partial charge < -0.3 is 20.1 Å². The van der Waals surface area contributed by atoms with Crippen LogP contribution in [0, 0.1) is 5.82 Å². The van der Waals surface area contributed by atoms with Crippen LogP contribution in [0.2, 0.25) is 0 Å². The number of nitrogens with zero attached hydrogens (tertiary/aromatic N) is 1. The largest absolute Gasteiger partial charge is 0.385 e. The molecule has 1 aromatic rings. The number of amides is 2. The van der Waals surface area contributed by atoms with E-state index in [2.05, 4.69) is 5.32 Å². The van der Waals surface area contributed by atoms with Gasteiger partial charge in [-0.2, -0.15) is 0 Å². The third-order valence-electron chi connectivity index (χ3n) is 4.40. The number of benzene rings is 1. The Bertz CT molecular complexity index is 535. The van der Waals surface area contributed by atoms with E-state index in [1.807, 2.05) is 0 Å². The highest BCUT2D eigenvalue weighted by molar-refractivity contribution is 5.75. The number of hydrogen-bond donors (Lipinski definition) is 2. The summed E-state index contributed by atoms with van der Waals surface area (Å²) in [7, 11) is 1.62. The van der Waals surface area contributed by atoms with Gasteiger partial charge >= 0.3 is 6.03 Å².